The Morgan fingerprint density at radius 1 is 1.28 bits per heavy atom. The normalized spacial score (nSPS) is 25.7. The van der Waals surface area contributed by atoms with Crippen LogP contribution in [0.4, 0.5) is 0 Å². The monoisotopic (exact) mass is 267 g/mol. The van der Waals surface area contributed by atoms with E-state index in [-0.39, 0.29) is 11.9 Å². The topological polar surface area (TPSA) is 55.4 Å². The van der Waals surface area contributed by atoms with E-state index in [0.717, 1.165) is 25.3 Å². The van der Waals surface area contributed by atoms with E-state index in [1.165, 1.54) is 11.1 Å². The van der Waals surface area contributed by atoms with Crippen molar-refractivity contribution in [2.75, 3.05) is 11.5 Å². The number of sulfone groups is 1. The van der Waals surface area contributed by atoms with Crippen LogP contribution in [0.3, 0.4) is 0 Å². The molecular formula is C13H17NO3S. The molecule has 0 spiro atoms. The van der Waals surface area contributed by atoms with Gasteiger partial charge in [0, 0.05) is 18.7 Å². The second-order valence-corrected chi connectivity index (χ2v) is 7.22. The summed E-state index contributed by atoms with van der Waals surface area (Å²) in [5, 5.41) is 3.28. The van der Waals surface area contributed by atoms with E-state index in [1.54, 1.807) is 0 Å². The fraction of sp³-hybridized carbons (Fsp3) is 0.538. The standard InChI is InChI=1S/C13H17NO3S/c15-18(16)6-2-4-11(9-18)17-13-5-1-3-10-7-14-8-12(10)13/h1,3,5,11,14H,2,4,6-9H2. The van der Waals surface area contributed by atoms with E-state index >= 15 is 0 Å². The first-order valence-electron chi connectivity index (χ1n) is 6.33. The predicted octanol–water partition coefficient (Wildman–Crippen LogP) is 1.25. The molecule has 4 nitrogen and oxygen atoms in total. The molecule has 1 unspecified atom stereocenters. The lowest BCUT2D eigenvalue weighted by molar-refractivity contribution is 0.205. The van der Waals surface area contributed by atoms with Gasteiger partial charge in [-0.05, 0) is 24.5 Å². The van der Waals surface area contributed by atoms with Crippen LogP contribution in [0, 0.1) is 0 Å². The minimum absolute atomic E-state index is 0.157. The highest BCUT2D eigenvalue weighted by Gasteiger charge is 2.27. The molecule has 0 bridgehead atoms. The quantitative estimate of drug-likeness (QED) is 0.876. The third kappa shape index (κ3) is 2.37. The Balaban J connectivity index is 1.79. The molecule has 0 radical (unpaired) electrons. The van der Waals surface area contributed by atoms with E-state index in [0.29, 0.717) is 12.2 Å². The third-order valence-corrected chi connectivity index (χ3v) is 5.35. The number of hydrogen-bond acceptors (Lipinski definition) is 4. The summed E-state index contributed by atoms with van der Waals surface area (Å²) in [6.45, 7) is 1.68. The Labute approximate surface area is 107 Å². The fourth-order valence-electron chi connectivity index (χ4n) is 2.66. The lowest BCUT2D eigenvalue weighted by Crippen LogP contribution is -2.33. The molecule has 1 fully saturated rings. The minimum atomic E-state index is -2.91. The lowest BCUT2D eigenvalue weighted by Gasteiger charge is -2.24. The molecule has 0 aliphatic carbocycles. The van der Waals surface area contributed by atoms with Crippen molar-refractivity contribution >= 4 is 9.84 Å². The van der Waals surface area contributed by atoms with Gasteiger partial charge in [-0.15, -0.1) is 0 Å². The van der Waals surface area contributed by atoms with Crippen LogP contribution in [0.25, 0.3) is 0 Å². The fourth-order valence-corrected chi connectivity index (χ4v) is 4.24. The zero-order chi connectivity index (χ0) is 12.6. The van der Waals surface area contributed by atoms with Crippen LogP contribution in [-0.2, 0) is 22.9 Å². The van der Waals surface area contributed by atoms with Crippen LogP contribution in [0.15, 0.2) is 18.2 Å². The summed E-state index contributed by atoms with van der Waals surface area (Å²) in [7, 11) is -2.91. The third-order valence-electron chi connectivity index (χ3n) is 3.56. The van der Waals surface area contributed by atoms with Gasteiger partial charge in [0.25, 0.3) is 0 Å². The molecule has 1 aromatic carbocycles. The molecule has 3 rings (SSSR count). The summed E-state index contributed by atoms with van der Waals surface area (Å²) < 4.78 is 29.1. The van der Waals surface area contributed by atoms with E-state index in [9.17, 15) is 8.42 Å². The maximum absolute atomic E-state index is 11.6. The first-order valence-corrected chi connectivity index (χ1v) is 8.15. The zero-order valence-electron chi connectivity index (χ0n) is 10.2. The minimum Gasteiger partial charge on any atom is -0.489 e. The molecule has 0 saturated carbocycles. The molecule has 0 amide bonds. The molecule has 1 saturated heterocycles. The second kappa shape index (κ2) is 4.55. The van der Waals surface area contributed by atoms with E-state index in [2.05, 4.69) is 11.4 Å². The number of hydrogen-bond donors (Lipinski definition) is 1. The summed E-state index contributed by atoms with van der Waals surface area (Å²) in [5.74, 6) is 1.31. The van der Waals surface area contributed by atoms with Crippen molar-refractivity contribution in [2.24, 2.45) is 0 Å². The van der Waals surface area contributed by atoms with Crippen molar-refractivity contribution < 1.29 is 13.2 Å². The van der Waals surface area contributed by atoms with Gasteiger partial charge in [0.2, 0.25) is 0 Å². The van der Waals surface area contributed by atoms with Crippen LogP contribution in [-0.4, -0.2) is 26.0 Å². The van der Waals surface area contributed by atoms with E-state index in [1.807, 2.05) is 12.1 Å². The Bertz CT molecular complexity index is 553. The Hall–Kier alpha value is -1.07. The second-order valence-electron chi connectivity index (χ2n) is 4.99. The van der Waals surface area contributed by atoms with Crippen molar-refractivity contribution in [1.82, 2.24) is 5.32 Å². The van der Waals surface area contributed by atoms with Crippen molar-refractivity contribution in [3.05, 3.63) is 29.3 Å². The zero-order valence-corrected chi connectivity index (χ0v) is 11.0. The molecular weight excluding hydrogens is 250 g/mol. The maximum atomic E-state index is 11.6. The van der Waals surface area contributed by atoms with Gasteiger partial charge < -0.3 is 10.1 Å². The van der Waals surface area contributed by atoms with Gasteiger partial charge in [0.1, 0.15) is 11.9 Å². The highest BCUT2D eigenvalue weighted by molar-refractivity contribution is 7.91. The average Bonchev–Trinajstić information content (AvgIpc) is 2.77. The molecule has 2 aliphatic rings. The van der Waals surface area contributed by atoms with Crippen molar-refractivity contribution in [1.29, 1.82) is 0 Å². The molecule has 98 valence electrons. The van der Waals surface area contributed by atoms with Gasteiger partial charge in [0.15, 0.2) is 9.84 Å². The average molecular weight is 267 g/mol. The molecule has 1 N–H and O–H groups in total. The van der Waals surface area contributed by atoms with Crippen LogP contribution >= 0.6 is 0 Å². The highest BCUT2D eigenvalue weighted by Crippen LogP contribution is 2.28. The van der Waals surface area contributed by atoms with Crippen LogP contribution < -0.4 is 10.1 Å². The maximum Gasteiger partial charge on any atom is 0.153 e. The lowest BCUT2D eigenvalue weighted by atomic mass is 10.1. The van der Waals surface area contributed by atoms with E-state index < -0.39 is 9.84 Å². The summed E-state index contributed by atoms with van der Waals surface area (Å²) in [5.41, 5.74) is 2.44. The first-order chi connectivity index (χ1) is 8.64. The van der Waals surface area contributed by atoms with Crippen molar-refractivity contribution in [2.45, 2.75) is 32.0 Å². The van der Waals surface area contributed by atoms with Gasteiger partial charge in [-0.25, -0.2) is 8.42 Å². The number of nitrogens with one attached hydrogen (secondary N) is 1. The number of fused-ring (bicyclic) bond motifs is 1. The Morgan fingerprint density at radius 3 is 3.00 bits per heavy atom. The van der Waals surface area contributed by atoms with Gasteiger partial charge in [0.05, 0.1) is 11.5 Å². The molecule has 18 heavy (non-hydrogen) atoms. The SMILES string of the molecule is O=S1(=O)CCCC(Oc2cccc3c2CNC3)C1. The molecule has 0 aromatic heterocycles. The van der Waals surface area contributed by atoms with Crippen molar-refractivity contribution in [3.63, 3.8) is 0 Å². The molecule has 2 aliphatic heterocycles. The van der Waals surface area contributed by atoms with Crippen LogP contribution in [0.5, 0.6) is 5.75 Å². The van der Waals surface area contributed by atoms with E-state index in [4.69, 9.17) is 4.74 Å². The Morgan fingerprint density at radius 2 is 2.17 bits per heavy atom. The summed E-state index contributed by atoms with van der Waals surface area (Å²) in [4.78, 5) is 0. The predicted molar refractivity (Wildman–Crippen MR) is 69.3 cm³/mol. The van der Waals surface area contributed by atoms with Gasteiger partial charge in [-0.3, -0.25) is 0 Å². The first kappa shape index (κ1) is 12.0. The smallest absolute Gasteiger partial charge is 0.153 e. The molecule has 1 atom stereocenters. The van der Waals surface area contributed by atoms with Crippen LogP contribution in [0.1, 0.15) is 24.0 Å². The van der Waals surface area contributed by atoms with Crippen molar-refractivity contribution in [3.8, 4) is 5.75 Å². The molecule has 1 aromatic rings. The summed E-state index contributed by atoms with van der Waals surface area (Å²) in [6, 6.07) is 5.99. The molecule has 5 heteroatoms. The number of rotatable bonds is 2. The highest BCUT2D eigenvalue weighted by atomic mass is 32.2. The summed E-state index contributed by atoms with van der Waals surface area (Å²) in [6.07, 6.45) is 1.35. The molecule has 2 heterocycles. The summed E-state index contributed by atoms with van der Waals surface area (Å²) >= 11 is 0. The number of benzene rings is 1. The van der Waals surface area contributed by atoms with Gasteiger partial charge in [-0.1, -0.05) is 12.1 Å². The largest absolute Gasteiger partial charge is 0.489 e. The van der Waals surface area contributed by atoms with Gasteiger partial charge in [-0.2, -0.15) is 0 Å². The number of ether oxygens (including phenoxy) is 1. The van der Waals surface area contributed by atoms with Gasteiger partial charge >= 0.3 is 0 Å². The van der Waals surface area contributed by atoms with Crippen LogP contribution in [0.2, 0.25) is 0 Å². The Kier molecular flexibility index (Phi) is 3.03.